The molecule has 1 heterocycles. The fourth-order valence-electron chi connectivity index (χ4n) is 3.16. The van der Waals surface area contributed by atoms with Gasteiger partial charge in [0.1, 0.15) is 5.54 Å². The molecule has 1 saturated carbocycles. The summed E-state index contributed by atoms with van der Waals surface area (Å²) in [5, 5.41) is 2.94. The van der Waals surface area contributed by atoms with Crippen LogP contribution in [-0.2, 0) is 16.1 Å². The molecule has 20 heavy (non-hydrogen) atoms. The molecule has 1 N–H and O–H groups in total. The van der Waals surface area contributed by atoms with E-state index >= 15 is 0 Å². The number of halogens is 1. The van der Waals surface area contributed by atoms with E-state index in [4.69, 9.17) is 0 Å². The van der Waals surface area contributed by atoms with Crippen molar-refractivity contribution in [2.24, 2.45) is 0 Å². The lowest BCUT2D eigenvalue weighted by Gasteiger charge is -2.39. The van der Waals surface area contributed by atoms with Crippen LogP contribution in [0.25, 0.3) is 0 Å². The molecule has 0 unspecified atom stereocenters. The van der Waals surface area contributed by atoms with Gasteiger partial charge in [0, 0.05) is 10.1 Å². The predicted molar refractivity (Wildman–Crippen MR) is 83.9 cm³/mol. The van der Waals surface area contributed by atoms with Crippen LogP contribution in [0.4, 0.5) is 0 Å². The molecular formula is C15H17IN2O2. The van der Waals surface area contributed by atoms with E-state index in [9.17, 15) is 9.59 Å². The minimum absolute atomic E-state index is 0.0305. The number of carbonyl (C=O) groups is 2. The first kappa shape index (κ1) is 13.9. The summed E-state index contributed by atoms with van der Waals surface area (Å²) in [6.07, 6.45) is 3.59. The molecular weight excluding hydrogens is 367 g/mol. The standard InChI is InChI=1S/C15H17IN2O2/c16-12-5-3-11(4-6-12)9-18-10-13(19)17-15(14(18)20)7-1-2-8-15/h3-6H,1-2,7-10H2,(H,17,19). The van der Waals surface area contributed by atoms with Crippen molar-refractivity contribution in [2.45, 2.75) is 37.8 Å². The average molecular weight is 384 g/mol. The van der Waals surface area contributed by atoms with Crippen LogP contribution in [0.3, 0.4) is 0 Å². The van der Waals surface area contributed by atoms with Crippen molar-refractivity contribution in [3.8, 4) is 0 Å². The quantitative estimate of drug-likeness (QED) is 0.794. The molecule has 2 amide bonds. The Morgan fingerprint density at radius 1 is 1.15 bits per heavy atom. The Hall–Kier alpha value is -1.11. The summed E-state index contributed by atoms with van der Waals surface area (Å²) < 4.78 is 1.17. The number of piperazine rings is 1. The number of nitrogens with one attached hydrogen (secondary N) is 1. The molecule has 1 aromatic rings. The SMILES string of the molecule is O=C1CN(Cc2ccc(I)cc2)C(=O)C2(CCCC2)N1. The van der Waals surface area contributed by atoms with Gasteiger partial charge in [-0.3, -0.25) is 9.59 Å². The van der Waals surface area contributed by atoms with E-state index in [2.05, 4.69) is 27.9 Å². The molecule has 1 aliphatic carbocycles. The molecule has 0 aromatic heterocycles. The Bertz CT molecular complexity index is 535. The maximum absolute atomic E-state index is 12.7. The fraction of sp³-hybridized carbons (Fsp3) is 0.467. The summed E-state index contributed by atoms with van der Waals surface area (Å²) in [5.41, 5.74) is 0.458. The molecule has 0 radical (unpaired) electrons. The number of hydrogen-bond donors (Lipinski definition) is 1. The summed E-state index contributed by atoms with van der Waals surface area (Å²) in [6.45, 7) is 0.692. The summed E-state index contributed by atoms with van der Waals surface area (Å²) in [7, 11) is 0. The highest BCUT2D eigenvalue weighted by atomic mass is 127. The second-order valence-corrected chi connectivity index (χ2v) is 6.87. The Balaban J connectivity index is 1.79. The van der Waals surface area contributed by atoms with Crippen LogP contribution in [-0.4, -0.2) is 28.8 Å². The highest BCUT2D eigenvalue weighted by molar-refractivity contribution is 14.1. The lowest BCUT2D eigenvalue weighted by atomic mass is 9.93. The van der Waals surface area contributed by atoms with Crippen molar-refractivity contribution in [1.29, 1.82) is 0 Å². The molecule has 4 nitrogen and oxygen atoms in total. The van der Waals surface area contributed by atoms with Gasteiger partial charge in [-0.05, 0) is 53.1 Å². The molecule has 2 fully saturated rings. The van der Waals surface area contributed by atoms with Gasteiger partial charge < -0.3 is 10.2 Å². The number of rotatable bonds is 2. The maximum atomic E-state index is 12.7. The molecule has 106 valence electrons. The number of benzene rings is 1. The molecule has 1 aromatic carbocycles. The topological polar surface area (TPSA) is 49.4 Å². The van der Waals surface area contributed by atoms with E-state index in [1.165, 1.54) is 3.57 Å². The van der Waals surface area contributed by atoms with Gasteiger partial charge in [0.2, 0.25) is 11.8 Å². The van der Waals surface area contributed by atoms with Gasteiger partial charge in [0.25, 0.3) is 0 Å². The first-order valence-electron chi connectivity index (χ1n) is 6.94. The van der Waals surface area contributed by atoms with E-state index < -0.39 is 5.54 Å². The molecule has 5 heteroatoms. The van der Waals surface area contributed by atoms with E-state index in [-0.39, 0.29) is 18.4 Å². The van der Waals surface area contributed by atoms with Crippen molar-refractivity contribution in [3.63, 3.8) is 0 Å². The van der Waals surface area contributed by atoms with Crippen molar-refractivity contribution in [3.05, 3.63) is 33.4 Å². The fourth-order valence-corrected chi connectivity index (χ4v) is 3.52. The van der Waals surface area contributed by atoms with E-state index in [1.807, 2.05) is 24.3 Å². The first-order chi connectivity index (χ1) is 9.59. The van der Waals surface area contributed by atoms with Gasteiger partial charge in [-0.25, -0.2) is 0 Å². The lowest BCUT2D eigenvalue weighted by Crippen LogP contribution is -2.65. The molecule has 2 aliphatic rings. The van der Waals surface area contributed by atoms with Crippen molar-refractivity contribution in [2.75, 3.05) is 6.54 Å². The van der Waals surface area contributed by atoms with Crippen LogP contribution in [0.2, 0.25) is 0 Å². The van der Waals surface area contributed by atoms with Crippen LogP contribution in [0.1, 0.15) is 31.2 Å². The largest absolute Gasteiger partial charge is 0.340 e. The molecule has 0 atom stereocenters. The minimum Gasteiger partial charge on any atom is -0.340 e. The van der Waals surface area contributed by atoms with Gasteiger partial charge in [-0.1, -0.05) is 25.0 Å². The second-order valence-electron chi connectivity index (χ2n) is 5.63. The molecule has 1 saturated heterocycles. The third kappa shape index (κ3) is 2.55. The van der Waals surface area contributed by atoms with Gasteiger partial charge in [-0.15, -0.1) is 0 Å². The van der Waals surface area contributed by atoms with Gasteiger partial charge >= 0.3 is 0 Å². The lowest BCUT2D eigenvalue weighted by molar-refractivity contribution is -0.150. The van der Waals surface area contributed by atoms with E-state index in [1.54, 1.807) is 4.90 Å². The highest BCUT2D eigenvalue weighted by Crippen LogP contribution is 2.33. The van der Waals surface area contributed by atoms with Crippen molar-refractivity contribution < 1.29 is 9.59 Å². The third-order valence-corrected chi connectivity index (χ3v) is 4.87. The van der Waals surface area contributed by atoms with Gasteiger partial charge in [-0.2, -0.15) is 0 Å². The molecule has 3 rings (SSSR count). The number of nitrogens with zero attached hydrogens (tertiary/aromatic N) is 1. The Morgan fingerprint density at radius 3 is 2.45 bits per heavy atom. The van der Waals surface area contributed by atoms with Crippen LogP contribution in [0.15, 0.2) is 24.3 Å². The maximum Gasteiger partial charge on any atom is 0.249 e. The highest BCUT2D eigenvalue weighted by Gasteiger charge is 2.48. The van der Waals surface area contributed by atoms with Crippen LogP contribution < -0.4 is 5.32 Å². The number of amides is 2. The first-order valence-corrected chi connectivity index (χ1v) is 8.02. The average Bonchev–Trinajstić information content (AvgIpc) is 2.87. The summed E-state index contributed by atoms with van der Waals surface area (Å²) in [4.78, 5) is 26.3. The Morgan fingerprint density at radius 2 is 1.80 bits per heavy atom. The van der Waals surface area contributed by atoms with Crippen LogP contribution in [0, 0.1) is 3.57 Å². The zero-order valence-corrected chi connectivity index (χ0v) is 13.4. The van der Waals surface area contributed by atoms with Crippen molar-refractivity contribution in [1.82, 2.24) is 10.2 Å². The minimum atomic E-state index is -0.613. The van der Waals surface area contributed by atoms with Crippen LogP contribution in [0.5, 0.6) is 0 Å². The van der Waals surface area contributed by atoms with Crippen molar-refractivity contribution >= 4 is 34.4 Å². The molecule has 0 bridgehead atoms. The summed E-state index contributed by atoms with van der Waals surface area (Å²) >= 11 is 2.26. The zero-order valence-electron chi connectivity index (χ0n) is 11.2. The monoisotopic (exact) mass is 384 g/mol. The zero-order chi connectivity index (χ0) is 14.2. The summed E-state index contributed by atoms with van der Waals surface area (Å²) in [5.74, 6) is 0.0603. The molecule has 1 spiro atoms. The number of hydrogen-bond acceptors (Lipinski definition) is 2. The van der Waals surface area contributed by atoms with Crippen LogP contribution >= 0.6 is 22.6 Å². The smallest absolute Gasteiger partial charge is 0.249 e. The van der Waals surface area contributed by atoms with Gasteiger partial charge in [0.05, 0.1) is 6.54 Å². The third-order valence-electron chi connectivity index (χ3n) is 4.15. The molecule has 1 aliphatic heterocycles. The van der Waals surface area contributed by atoms with E-state index in [0.717, 1.165) is 31.2 Å². The summed E-state index contributed by atoms with van der Waals surface area (Å²) in [6, 6.07) is 8.08. The predicted octanol–water partition coefficient (Wildman–Crippen LogP) is 2.06. The number of carbonyl (C=O) groups excluding carboxylic acids is 2. The normalized spacial score (nSPS) is 21.4. The van der Waals surface area contributed by atoms with E-state index in [0.29, 0.717) is 6.54 Å². The Kier molecular flexibility index (Phi) is 3.70. The van der Waals surface area contributed by atoms with Gasteiger partial charge in [0.15, 0.2) is 0 Å². The Labute approximate surface area is 132 Å². The second kappa shape index (κ2) is 5.35.